The third kappa shape index (κ3) is 3.68. The molecular weight excluding hydrogens is 370 g/mol. The molecule has 3 heteroatoms. The van der Waals surface area contributed by atoms with Crippen molar-refractivity contribution in [3.05, 3.63) is 77.2 Å². The van der Waals surface area contributed by atoms with Gasteiger partial charge >= 0.3 is 0 Å². The molecule has 0 radical (unpaired) electrons. The molecule has 0 aliphatic heterocycles. The van der Waals surface area contributed by atoms with Gasteiger partial charge in [0.25, 0.3) is 0 Å². The fraction of sp³-hybridized carbons (Fsp3) is 0.385. The second-order valence-corrected chi connectivity index (χ2v) is 14.7. The monoisotopic (exact) mass is 403 g/mol. The molecule has 3 aromatic rings. The van der Waals surface area contributed by atoms with E-state index in [2.05, 4.69) is 101 Å². The van der Waals surface area contributed by atoms with Crippen molar-refractivity contribution in [2.24, 2.45) is 0 Å². The van der Waals surface area contributed by atoms with E-state index >= 15 is 0 Å². The number of allylic oxidation sites excluding steroid dienone is 2. The second kappa shape index (κ2) is 7.21. The van der Waals surface area contributed by atoms with Crippen molar-refractivity contribution in [3.8, 4) is 0 Å². The Morgan fingerprint density at radius 3 is 2.38 bits per heavy atom. The van der Waals surface area contributed by atoms with Gasteiger partial charge in [-0.3, -0.25) is 0 Å². The van der Waals surface area contributed by atoms with Gasteiger partial charge in [-0.15, -0.1) is 0 Å². The van der Waals surface area contributed by atoms with Crippen LogP contribution in [-0.4, -0.2) is 13.3 Å². The Morgan fingerprint density at radius 1 is 1.00 bits per heavy atom. The smallest absolute Gasteiger partial charge is 0.250 e. The van der Waals surface area contributed by atoms with E-state index in [1.54, 1.807) is 0 Å². The summed E-state index contributed by atoms with van der Waals surface area (Å²) in [6.45, 7) is 13.8. The van der Waals surface area contributed by atoms with Crippen LogP contribution in [-0.2, 0) is 4.43 Å². The number of aromatic nitrogens is 1. The highest BCUT2D eigenvalue weighted by molar-refractivity contribution is 6.74. The normalized spacial score (nSPS) is 17.9. The number of nitrogens with one attached hydrogen (secondary N) is 1. The lowest BCUT2D eigenvalue weighted by molar-refractivity contribution is 0.359. The van der Waals surface area contributed by atoms with Crippen molar-refractivity contribution in [1.29, 1.82) is 0 Å². The minimum Gasteiger partial charge on any atom is -0.546 e. The van der Waals surface area contributed by atoms with E-state index in [0.717, 1.165) is 12.8 Å². The largest absolute Gasteiger partial charge is 0.546 e. The maximum absolute atomic E-state index is 7.05. The number of aromatic amines is 1. The first kappa shape index (κ1) is 20.0. The molecule has 1 aromatic heterocycles. The Kier molecular flexibility index (Phi) is 4.98. The Labute approximate surface area is 176 Å². The molecule has 1 aliphatic carbocycles. The van der Waals surface area contributed by atoms with Crippen LogP contribution in [0.4, 0.5) is 0 Å². The minimum absolute atomic E-state index is 0.172. The van der Waals surface area contributed by atoms with Crippen molar-refractivity contribution in [1.82, 2.24) is 4.98 Å². The third-order valence-electron chi connectivity index (χ3n) is 6.86. The molecule has 1 heterocycles. The van der Waals surface area contributed by atoms with E-state index in [9.17, 15) is 0 Å². The van der Waals surface area contributed by atoms with E-state index in [0.29, 0.717) is 5.92 Å². The van der Waals surface area contributed by atoms with Crippen LogP contribution in [0.15, 0.2) is 60.5 Å². The van der Waals surface area contributed by atoms with E-state index in [4.69, 9.17) is 4.43 Å². The molecule has 29 heavy (non-hydrogen) atoms. The Bertz CT molecular complexity index is 1050. The van der Waals surface area contributed by atoms with Gasteiger partial charge in [0.05, 0.1) is 5.76 Å². The number of benzene rings is 2. The maximum Gasteiger partial charge on any atom is 0.250 e. The number of rotatable bonds is 4. The fourth-order valence-electron chi connectivity index (χ4n) is 4.03. The number of para-hydroxylation sites is 1. The number of hydrogen-bond donors (Lipinski definition) is 1. The molecule has 1 N–H and O–H groups in total. The Morgan fingerprint density at radius 2 is 1.69 bits per heavy atom. The molecule has 0 spiro atoms. The molecule has 1 atom stereocenters. The van der Waals surface area contributed by atoms with Crippen LogP contribution < -0.4 is 0 Å². The second-order valence-electron chi connectivity index (χ2n) is 9.95. The third-order valence-corrected chi connectivity index (χ3v) is 11.2. The first-order chi connectivity index (χ1) is 13.7. The lowest BCUT2D eigenvalue weighted by atomic mass is 9.97. The van der Waals surface area contributed by atoms with Gasteiger partial charge < -0.3 is 9.41 Å². The number of fused-ring (bicyclic) bond motifs is 1. The van der Waals surface area contributed by atoms with Gasteiger partial charge in [0.2, 0.25) is 8.32 Å². The fourth-order valence-corrected chi connectivity index (χ4v) is 5.16. The van der Waals surface area contributed by atoms with Crippen LogP contribution in [0, 0.1) is 6.92 Å². The average Bonchev–Trinajstić information content (AvgIpc) is 3.25. The summed E-state index contributed by atoms with van der Waals surface area (Å²) in [7, 11) is -1.95. The van der Waals surface area contributed by atoms with Crippen LogP contribution in [0.3, 0.4) is 0 Å². The zero-order chi connectivity index (χ0) is 20.8. The summed E-state index contributed by atoms with van der Waals surface area (Å²) in [4.78, 5) is 3.47. The van der Waals surface area contributed by atoms with Gasteiger partial charge in [0.1, 0.15) is 0 Å². The van der Waals surface area contributed by atoms with Crippen LogP contribution in [0.25, 0.3) is 16.5 Å². The van der Waals surface area contributed by atoms with Crippen molar-refractivity contribution in [3.63, 3.8) is 0 Å². The number of H-pyrrole nitrogens is 1. The number of hydrogen-bond acceptors (Lipinski definition) is 1. The van der Waals surface area contributed by atoms with Gasteiger partial charge in [0.15, 0.2) is 0 Å². The zero-order valence-corrected chi connectivity index (χ0v) is 19.6. The van der Waals surface area contributed by atoms with Crippen molar-refractivity contribution < 1.29 is 4.43 Å². The topological polar surface area (TPSA) is 25.0 Å². The first-order valence-electron chi connectivity index (χ1n) is 10.7. The highest BCUT2D eigenvalue weighted by Crippen LogP contribution is 2.49. The average molecular weight is 404 g/mol. The molecule has 4 rings (SSSR count). The minimum atomic E-state index is -1.95. The standard InChI is InChI=1S/C26H33NOSi/c1-18-11-13-19(14-12-18)20-15-16-22(25(20)28-29(5,6)26(2,3)4)23-17-27-24-10-8-7-9-21(23)24/h7-14,17,22,27H,15-16H2,1-6H3. The van der Waals surface area contributed by atoms with E-state index in [-0.39, 0.29) is 5.04 Å². The van der Waals surface area contributed by atoms with Gasteiger partial charge in [-0.2, -0.15) is 0 Å². The summed E-state index contributed by atoms with van der Waals surface area (Å²) in [6, 6.07) is 17.6. The molecule has 1 aliphatic rings. The van der Waals surface area contributed by atoms with Gasteiger partial charge in [-0.1, -0.05) is 68.8 Å². The van der Waals surface area contributed by atoms with Crippen LogP contribution in [0.5, 0.6) is 0 Å². The highest BCUT2D eigenvalue weighted by Gasteiger charge is 2.42. The lowest BCUT2D eigenvalue weighted by Gasteiger charge is -2.38. The maximum atomic E-state index is 7.05. The molecule has 0 bridgehead atoms. The summed E-state index contributed by atoms with van der Waals surface area (Å²) in [5, 5.41) is 1.49. The van der Waals surface area contributed by atoms with Crippen LogP contribution in [0.2, 0.25) is 18.1 Å². The summed E-state index contributed by atoms with van der Waals surface area (Å²) < 4.78 is 7.05. The summed E-state index contributed by atoms with van der Waals surface area (Å²) in [5.74, 6) is 1.53. The van der Waals surface area contributed by atoms with Gasteiger partial charge in [-0.05, 0) is 60.7 Å². The van der Waals surface area contributed by atoms with E-state index in [1.165, 1.54) is 38.9 Å². The molecule has 0 amide bonds. The summed E-state index contributed by atoms with van der Waals surface area (Å²) in [5.41, 5.74) is 6.58. The van der Waals surface area contributed by atoms with E-state index < -0.39 is 8.32 Å². The Balaban J connectivity index is 1.84. The van der Waals surface area contributed by atoms with Gasteiger partial charge in [-0.25, -0.2) is 0 Å². The first-order valence-corrected chi connectivity index (χ1v) is 13.6. The van der Waals surface area contributed by atoms with Gasteiger partial charge in [0, 0.05) is 23.0 Å². The molecule has 2 aromatic carbocycles. The number of aryl methyl sites for hydroxylation is 1. The molecular formula is C26H33NOSi. The SMILES string of the molecule is Cc1ccc(C2=C(O[Si](C)(C)C(C)(C)C)C(c3c[nH]c4ccccc34)CC2)cc1. The highest BCUT2D eigenvalue weighted by atomic mass is 28.4. The summed E-state index contributed by atoms with van der Waals surface area (Å²) in [6.07, 6.45) is 4.37. The molecule has 2 nitrogen and oxygen atoms in total. The predicted molar refractivity (Wildman–Crippen MR) is 127 cm³/mol. The Hall–Kier alpha value is -2.26. The quantitative estimate of drug-likeness (QED) is 0.442. The molecule has 0 saturated carbocycles. The van der Waals surface area contributed by atoms with Crippen LogP contribution >= 0.6 is 0 Å². The van der Waals surface area contributed by atoms with E-state index in [1.807, 2.05) is 0 Å². The van der Waals surface area contributed by atoms with Crippen molar-refractivity contribution in [2.45, 2.75) is 64.6 Å². The van der Waals surface area contributed by atoms with Crippen molar-refractivity contribution >= 4 is 24.8 Å². The summed E-state index contributed by atoms with van der Waals surface area (Å²) >= 11 is 0. The molecule has 1 unspecified atom stereocenters. The zero-order valence-electron chi connectivity index (χ0n) is 18.6. The molecule has 0 saturated heterocycles. The molecule has 152 valence electrons. The predicted octanol–water partition coefficient (Wildman–Crippen LogP) is 7.79. The van der Waals surface area contributed by atoms with Crippen molar-refractivity contribution in [2.75, 3.05) is 0 Å². The molecule has 0 fully saturated rings. The lowest BCUT2D eigenvalue weighted by Crippen LogP contribution is -2.41. The van der Waals surface area contributed by atoms with Crippen LogP contribution in [0.1, 0.15) is 56.2 Å².